The Morgan fingerprint density at radius 3 is 1.62 bits per heavy atom. The Hall–Kier alpha value is -5.97. The van der Waals surface area contributed by atoms with E-state index in [4.69, 9.17) is 0 Å². The highest BCUT2D eigenvalue weighted by Crippen LogP contribution is 2.52. The van der Waals surface area contributed by atoms with Crippen molar-refractivity contribution in [2.24, 2.45) is 0 Å². The van der Waals surface area contributed by atoms with E-state index in [0.29, 0.717) is 0 Å². The summed E-state index contributed by atoms with van der Waals surface area (Å²) in [6, 6.07) is 52.6. The van der Waals surface area contributed by atoms with E-state index >= 15 is 0 Å². The predicted octanol–water partition coefficient (Wildman–Crippen LogP) is 12.6. The number of para-hydroxylation sites is 3. The van der Waals surface area contributed by atoms with E-state index in [2.05, 4.69) is 164 Å². The molecule has 0 radical (unpaired) electrons. The SMILES string of the molecule is CC1(C)c2ccc(-n3c4ccccc4c4ccc5c6ccccc6n(-c6ccccc6)c5c43)cc2C(C)(C)c2cc3c(=O)c4ccccc4sc3cc21. The molecule has 11 rings (SSSR count). The Morgan fingerprint density at radius 1 is 0.415 bits per heavy atom. The molecule has 4 heteroatoms. The molecule has 0 fully saturated rings. The Bertz CT molecular complexity index is 3250. The molecule has 0 amide bonds. The van der Waals surface area contributed by atoms with Gasteiger partial charge < -0.3 is 9.13 Å². The van der Waals surface area contributed by atoms with Crippen LogP contribution in [0.1, 0.15) is 49.9 Å². The molecule has 0 bridgehead atoms. The first-order valence-electron chi connectivity index (χ1n) is 18.4. The summed E-state index contributed by atoms with van der Waals surface area (Å²) in [5.41, 5.74) is 11.7. The molecular weight excluding hydrogens is 665 g/mol. The molecule has 0 saturated carbocycles. The molecule has 7 aromatic carbocycles. The molecule has 3 nitrogen and oxygen atoms in total. The highest BCUT2D eigenvalue weighted by Gasteiger charge is 2.42. The van der Waals surface area contributed by atoms with Crippen LogP contribution in [0.2, 0.25) is 0 Å². The number of rotatable bonds is 2. The van der Waals surface area contributed by atoms with Crippen molar-refractivity contribution in [1.82, 2.24) is 9.13 Å². The molecule has 0 N–H and O–H groups in total. The van der Waals surface area contributed by atoms with Gasteiger partial charge in [-0.2, -0.15) is 0 Å². The summed E-state index contributed by atoms with van der Waals surface area (Å²) in [6.07, 6.45) is 0. The van der Waals surface area contributed by atoms with Crippen molar-refractivity contribution < 1.29 is 0 Å². The van der Waals surface area contributed by atoms with Crippen molar-refractivity contribution in [2.75, 3.05) is 0 Å². The molecule has 10 aromatic rings. The summed E-state index contributed by atoms with van der Waals surface area (Å²) in [7, 11) is 0. The maximum absolute atomic E-state index is 14.0. The largest absolute Gasteiger partial charge is 0.307 e. The van der Waals surface area contributed by atoms with Gasteiger partial charge in [0.2, 0.25) is 0 Å². The second-order valence-corrected chi connectivity index (χ2v) is 16.8. The van der Waals surface area contributed by atoms with Crippen molar-refractivity contribution in [3.63, 3.8) is 0 Å². The van der Waals surface area contributed by atoms with Crippen molar-refractivity contribution in [2.45, 2.75) is 38.5 Å². The van der Waals surface area contributed by atoms with E-state index in [1.807, 2.05) is 18.2 Å². The van der Waals surface area contributed by atoms with E-state index in [1.165, 1.54) is 65.9 Å². The highest BCUT2D eigenvalue weighted by atomic mass is 32.1. The third kappa shape index (κ3) is 4.02. The van der Waals surface area contributed by atoms with Crippen LogP contribution in [0.15, 0.2) is 150 Å². The van der Waals surface area contributed by atoms with Gasteiger partial charge in [0, 0.05) is 63.9 Å². The zero-order valence-corrected chi connectivity index (χ0v) is 30.9. The fourth-order valence-electron chi connectivity index (χ4n) is 9.52. The first-order valence-corrected chi connectivity index (χ1v) is 19.2. The molecular formula is C49H36N2OS. The Balaban J connectivity index is 1.23. The fraction of sp³-hybridized carbons (Fsp3) is 0.122. The van der Waals surface area contributed by atoms with Crippen molar-refractivity contribution in [3.8, 4) is 11.4 Å². The van der Waals surface area contributed by atoms with Crippen molar-refractivity contribution >= 4 is 75.1 Å². The summed E-state index contributed by atoms with van der Waals surface area (Å²) in [4.78, 5) is 14.0. The predicted molar refractivity (Wildman–Crippen MR) is 225 cm³/mol. The molecule has 0 aliphatic heterocycles. The van der Waals surface area contributed by atoms with Gasteiger partial charge in [0.25, 0.3) is 0 Å². The van der Waals surface area contributed by atoms with Gasteiger partial charge in [-0.05, 0) is 82.9 Å². The fourth-order valence-corrected chi connectivity index (χ4v) is 10.6. The van der Waals surface area contributed by atoms with Crippen LogP contribution in [0.4, 0.5) is 0 Å². The monoisotopic (exact) mass is 700 g/mol. The van der Waals surface area contributed by atoms with Crippen molar-refractivity contribution in [1.29, 1.82) is 0 Å². The van der Waals surface area contributed by atoms with E-state index < -0.39 is 0 Å². The van der Waals surface area contributed by atoms with Crippen LogP contribution in [0.5, 0.6) is 0 Å². The molecule has 0 unspecified atom stereocenters. The first kappa shape index (κ1) is 30.6. The number of benzene rings is 7. The highest BCUT2D eigenvalue weighted by molar-refractivity contribution is 7.24. The smallest absolute Gasteiger partial charge is 0.195 e. The van der Waals surface area contributed by atoms with Crippen LogP contribution in [0.25, 0.3) is 75.2 Å². The Labute approximate surface area is 311 Å². The number of aromatic nitrogens is 2. The van der Waals surface area contributed by atoms with Gasteiger partial charge in [0.05, 0.1) is 22.1 Å². The van der Waals surface area contributed by atoms with Gasteiger partial charge in [0.1, 0.15) is 0 Å². The number of fused-ring (bicyclic) bond motifs is 11. The zero-order chi connectivity index (χ0) is 35.8. The van der Waals surface area contributed by atoms with Crippen LogP contribution in [0, 0.1) is 0 Å². The van der Waals surface area contributed by atoms with Crippen LogP contribution < -0.4 is 5.43 Å². The lowest BCUT2D eigenvalue weighted by Gasteiger charge is -2.44. The van der Waals surface area contributed by atoms with E-state index in [0.717, 1.165) is 31.5 Å². The zero-order valence-electron chi connectivity index (χ0n) is 30.1. The van der Waals surface area contributed by atoms with Crippen LogP contribution in [0.3, 0.4) is 0 Å². The second kappa shape index (κ2) is 10.6. The Morgan fingerprint density at radius 2 is 0.943 bits per heavy atom. The standard InChI is InChI=1S/C49H36N2OS/c1-48(2)37-25-22-30(26-38(37)49(3,4)39-27-36-44(28-40(39)48)53-43-21-13-10-18-35(43)47(36)52)51-42-20-12-9-17-32(42)34-24-23-33-31-16-8-11-19-41(31)50(45(33)46(34)51)29-14-6-5-7-15-29/h5-28H,1-4H3. The summed E-state index contributed by atoms with van der Waals surface area (Å²) in [6.45, 7) is 9.36. The van der Waals surface area contributed by atoms with E-state index in [9.17, 15) is 4.79 Å². The molecule has 1 aliphatic carbocycles. The van der Waals surface area contributed by atoms with Gasteiger partial charge in [-0.15, -0.1) is 11.3 Å². The van der Waals surface area contributed by atoms with E-state index in [-0.39, 0.29) is 16.3 Å². The molecule has 53 heavy (non-hydrogen) atoms. The third-order valence-electron chi connectivity index (χ3n) is 12.2. The molecule has 3 aromatic heterocycles. The maximum Gasteiger partial charge on any atom is 0.195 e. The second-order valence-electron chi connectivity index (χ2n) is 15.7. The number of hydrogen-bond acceptors (Lipinski definition) is 2. The normalized spacial score (nSPS) is 14.8. The quantitative estimate of drug-likeness (QED) is 0.165. The van der Waals surface area contributed by atoms with Gasteiger partial charge in [-0.25, -0.2) is 0 Å². The Kier molecular flexibility index (Phi) is 6.10. The third-order valence-corrected chi connectivity index (χ3v) is 13.3. The summed E-state index contributed by atoms with van der Waals surface area (Å²) >= 11 is 1.72. The summed E-state index contributed by atoms with van der Waals surface area (Å²) in [5.74, 6) is 0. The molecule has 254 valence electrons. The molecule has 3 heterocycles. The summed E-state index contributed by atoms with van der Waals surface area (Å²) in [5, 5.41) is 6.57. The van der Waals surface area contributed by atoms with Crippen LogP contribution in [-0.4, -0.2) is 9.13 Å². The lowest BCUT2D eigenvalue weighted by Crippen LogP contribution is -2.36. The molecule has 0 spiro atoms. The minimum atomic E-state index is -0.347. The first-order chi connectivity index (χ1) is 25.7. The van der Waals surface area contributed by atoms with Gasteiger partial charge in [0.15, 0.2) is 5.43 Å². The van der Waals surface area contributed by atoms with Crippen LogP contribution in [-0.2, 0) is 10.8 Å². The van der Waals surface area contributed by atoms with Gasteiger partial charge in [-0.1, -0.05) is 113 Å². The minimum Gasteiger partial charge on any atom is -0.307 e. The topological polar surface area (TPSA) is 26.9 Å². The van der Waals surface area contributed by atoms with Gasteiger partial charge >= 0.3 is 0 Å². The average Bonchev–Trinajstić information content (AvgIpc) is 3.70. The molecule has 0 saturated heterocycles. The van der Waals surface area contributed by atoms with E-state index in [1.54, 1.807) is 11.3 Å². The van der Waals surface area contributed by atoms with Gasteiger partial charge in [-0.3, -0.25) is 4.79 Å². The van der Waals surface area contributed by atoms with Crippen LogP contribution >= 0.6 is 11.3 Å². The average molecular weight is 701 g/mol. The number of hydrogen-bond donors (Lipinski definition) is 0. The molecule has 1 aliphatic rings. The lowest BCUT2D eigenvalue weighted by molar-refractivity contribution is 0.521. The maximum atomic E-state index is 14.0. The minimum absolute atomic E-state index is 0.119. The molecule has 0 atom stereocenters. The lowest BCUT2D eigenvalue weighted by atomic mass is 9.60. The van der Waals surface area contributed by atoms with Crippen molar-refractivity contribution in [3.05, 3.63) is 178 Å². The number of nitrogens with zero attached hydrogens (tertiary/aromatic N) is 2. The summed E-state index contributed by atoms with van der Waals surface area (Å²) < 4.78 is 7.03.